The lowest BCUT2D eigenvalue weighted by molar-refractivity contribution is 0.0624. The highest BCUT2D eigenvalue weighted by Gasteiger charge is 2.24. The zero-order valence-electron chi connectivity index (χ0n) is 15.5. The molecule has 0 unspecified atom stereocenters. The van der Waals surface area contributed by atoms with Gasteiger partial charge in [-0.15, -0.1) is 0 Å². The van der Waals surface area contributed by atoms with Crippen LogP contribution in [0, 0.1) is 19.7 Å². The summed E-state index contributed by atoms with van der Waals surface area (Å²) in [5.74, 6) is -0.327. The third-order valence-corrected chi connectivity index (χ3v) is 5.19. The lowest BCUT2D eigenvalue weighted by Gasteiger charge is -2.34. The molecule has 1 amide bonds. The Labute approximate surface area is 153 Å². The largest absolute Gasteiger partial charge is 0.351 e. The fraction of sp³-hybridized carbons (Fsp3) is 0.400. The van der Waals surface area contributed by atoms with E-state index in [1.165, 1.54) is 24.3 Å². The fourth-order valence-corrected chi connectivity index (χ4v) is 3.31. The first-order valence-corrected chi connectivity index (χ1v) is 8.80. The number of rotatable bonds is 4. The summed E-state index contributed by atoms with van der Waals surface area (Å²) in [7, 11) is 1.96. The van der Waals surface area contributed by atoms with Gasteiger partial charge in [-0.1, -0.05) is 0 Å². The molecule has 2 heterocycles. The number of halogens is 1. The highest BCUT2D eigenvalue weighted by molar-refractivity contribution is 5.99. The molecular weight excluding hydrogens is 333 g/mol. The van der Waals surface area contributed by atoms with Gasteiger partial charge in [0.2, 0.25) is 0 Å². The Balaban J connectivity index is 1.56. The summed E-state index contributed by atoms with van der Waals surface area (Å²) in [5, 5.41) is 0. The Hall–Kier alpha value is -2.47. The molecule has 3 rings (SSSR count). The van der Waals surface area contributed by atoms with E-state index in [2.05, 4.69) is 4.90 Å². The first kappa shape index (κ1) is 18.3. The minimum atomic E-state index is -0.351. The molecule has 138 valence electrons. The van der Waals surface area contributed by atoms with E-state index in [4.69, 9.17) is 0 Å². The molecule has 1 saturated heterocycles. The van der Waals surface area contributed by atoms with Crippen molar-refractivity contribution in [3.63, 3.8) is 0 Å². The van der Waals surface area contributed by atoms with Crippen LogP contribution in [0.3, 0.4) is 0 Å². The lowest BCUT2D eigenvalue weighted by Crippen LogP contribution is -2.49. The predicted octanol–water partition coefficient (Wildman–Crippen LogP) is 2.42. The summed E-state index contributed by atoms with van der Waals surface area (Å²) in [4.78, 5) is 28.9. The predicted molar refractivity (Wildman–Crippen MR) is 98.0 cm³/mol. The Morgan fingerprint density at radius 2 is 1.65 bits per heavy atom. The van der Waals surface area contributed by atoms with Crippen molar-refractivity contribution in [3.8, 4) is 0 Å². The van der Waals surface area contributed by atoms with Gasteiger partial charge in [0, 0.05) is 55.7 Å². The number of hydrogen-bond donors (Lipinski definition) is 0. The highest BCUT2D eigenvalue weighted by Crippen LogP contribution is 2.15. The van der Waals surface area contributed by atoms with Gasteiger partial charge in [-0.3, -0.25) is 14.5 Å². The average molecular weight is 357 g/mol. The number of benzene rings is 1. The Kier molecular flexibility index (Phi) is 5.23. The van der Waals surface area contributed by atoms with E-state index in [-0.39, 0.29) is 17.5 Å². The molecule has 0 aliphatic carbocycles. The second-order valence-electron chi connectivity index (χ2n) is 6.84. The van der Waals surface area contributed by atoms with Gasteiger partial charge >= 0.3 is 0 Å². The molecule has 0 bridgehead atoms. The maximum absolute atomic E-state index is 13.0. The molecule has 5 nitrogen and oxygen atoms in total. The minimum absolute atomic E-state index is 0.0921. The number of aromatic nitrogens is 1. The van der Waals surface area contributed by atoms with E-state index >= 15 is 0 Å². The highest BCUT2D eigenvalue weighted by atomic mass is 19.1. The van der Waals surface area contributed by atoms with E-state index in [0.29, 0.717) is 38.3 Å². The summed E-state index contributed by atoms with van der Waals surface area (Å²) in [5.41, 5.74) is 3.32. The number of nitrogens with zero attached hydrogens (tertiary/aromatic N) is 3. The van der Waals surface area contributed by atoms with Crippen LogP contribution in [-0.4, -0.2) is 58.8 Å². The second-order valence-corrected chi connectivity index (χ2v) is 6.84. The van der Waals surface area contributed by atoms with Crippen molar-refractivity contribution in [3.05, 3.63) is 58.7 Å². The third kappa shape index (κ3) is 3.70. The maximum Gasteiger partial charge on any atom is 0.253 e. The number of carbonyl (C=O) groups excluding carboxylic acids is 2. The zero-order valence-corrected chi connectivity index (χ0v) is 15.5. The van der Waals surface area contributed by atoms with Crippen LogP contribution >= 0.6 is 0 Å². The third-order valence-electron chi connectivity index (χ3n) is 5.19. The number of carbonyl (C=O) groups is 2. The smallest absolute Gasteiger partial charge is 0.253 e. The first-order valence-electron chi connectivity index (χ1n) is 8.80. The zero-order chi connectivity index (χ0) is 18.8. The van der Waals surface area contributed by atoms with Crippen molar-refractivity contribution in [2.75, 3.05) is 32.7 Å². The summed E-state index contributed by atoms with van der Waals surface area (Å²) < 4.78 is 15.0. The summed E-state index contributed by atoms with van der Waals surface area (Å²) >= 11 is 0. The molecule has 1 aliphatic rings. The summed E-state index contributed by atoms with van der Waals surface area (Å²) in [6.07, 6.45) is 0. The Morgan fingerprint density at radius 3 is 2.19 bits per heavy atom. The normalized spacial score (nSPS) is 15.3. The van der Waals surface area contributed by atoms with E-state index in [1.807, 2.05) is 31.5 Å². The topological polar surface area (TPSA) is 45.6 Å². The van der Waals surface area contributed by atoms with Gasteiger partial charge in [-0.05, 0) is 44.2 Å². The van der Waals surface area contributed by atoms with Crippen LogP contribution in [0.4, 0.5) is 4.39 Å². The van der Waals surface area contributed by atoms with Gasteiger partial charge in [-0.25, -0.2) is 4.39 Å². The van der Waals surface area contributed by atoms with Crippen molar-refractivity contribution >= 4 is 11.7 Å². The van der Waals surface area contributed by atoms with Crippen LogP contribution in [0.1, 0.15) is 32.1 Å². The summed E-state index contributed by atoms with van der Waals surface area (Å²) in [6, 6.07) is 7.55. The molecule has 1 aliphatic heterocycles. The van der Waals surface area contributed by atoms with Gasteiger partial charge < -0.3 is 9.47 Å². The molecule has 1 aromatic carbocycles. The Morgan fingerprint density at radius 1 is 1.04 bits per heavy atom. The van der Waals surface area contributed by atoms with Gasteiger partial charge in [-0.2, -0.15) is 0 Å². The minimum Gasteiger partial charge on any atom is -0.351 e. The monoisotopic (exact) mass is 357 g/mol. The van der Waals surface area contributed by atoms with Gasteiger partial charge in [0.05, 0.1) is 6.54 Å². The van der Waals surface area contributed by atoms with Crippen LogP contribution in [0.25, 0.3) is 0 Å². The molecule has 6 heteroatoms. The van der Waals surface area contributed by atoms with Gasteiger partial charge in [0.15, 0.2) is 5.78 Å². The van der Waals surface area contributed by atoms with Crippen LogP contribution in [-0.2, 0) is 7.05 Å². The van der Waals surface area contributed by atoms with Crippen molar-refractivity contribution in [1.29, 1.82) is 0 Å². The molecule has 1 fully saturated rings. The van der Waals surface area contributed by atoms with E-state index in [9.17, 15) is 14.0 Å². The molecule has 0 atom stereocenters. The van der Waals surface area contributed by atoms with E-state index in [0.717, 1.165) is 17.0 Å². The molecule has 0 radical (unpaired) electrons. The van der Waals surface area contributed by atoms with Crippen molar-refractivity contribution < 1.29 is 14.0 Å². The van der Waals surface area contributed by atoms with Crippen LogP contribution < -0.4 is 0 Å². The number of hydrogen-bond acceptors (Lipinski definition) is 3. The van der Waals surface area contributed by atoms with Crippen molar-refractivity contribution in [2.45, 2.75) is 13.8 Å². The maximum atomic E-state index is 13.0. The molecule has 2 aromatic rings. The SMILES string of the molecule is Cc1cc(C(=O)CN2CCN(C(=O)c3ccc(F)cc3)CC2)c(C)n1C. The molecule has 0 spiro atoms. The molecule has 26 heavy (non-hydrogen) atoms. The van der Waals surface area contributed by atoms with Crippen molar-refractivity contribution in [2.24, 2.45) is 7.05 Å². The average Bonchev–Trinajstić information content (AvgIpc) is 2.90. The van der Waals surface area contributed by atoms with Crippen LogP contribution in [0.2, 0.25) is 0 Å². The van der Waals surface area contributed by atoms with Gasteiger partial charge in [0.1, 0.15) is 5.82 Å². The molecule has 0 saturated carbocycles. The number of aryl methyl sites for hydroxylation is 1. The number of Topliss-reactive ketones (excluding diaryl/α,β-unsaturated/α-hetero) is 1. The van der Waals surface area contributed by atoms with Crippen LogP contribution in [0.15, 0.2) is 30.3 Å². The standard InChI is InChI=1S/C20H24FN3O2/c1-14-12-18(15(2)22(14)3)19(25)13-23-8-10-24(11-9-23)20(26)16-4-6-17(21)7-5-16/h4-7,12H,8-11,13H2,1-3H3. The second kappa shape index (κ2) is 7.41. The molecule has 0 N–H and O–H groups in total. The number of piperazine rings is 1. The fourth-order valence-electron chi connectivity index (χ4n) is 3.31. The number of amides is 1. The molecule has 1 aromatic heterocycles. The first-order chi connectivity index (χ1) is 12.4. The number of ketones is 1. The van der Waals surface area contributed by atoms with Crippen molar-refractivity contribution in [1.82, 2.24) is 14.4 Å². The quantitative estimate of drug-likeness (QED) is 0.790. The summed E-state index contributed by atoms with van der Waals surface area (Å²) in [6.45, 7) is 6.76. The Bertz CT molecular complexity index is 818. The van der Waals surface area contributed by atoms with Gasteiger partial charge in [0.25, 0.3) is 5.91 Å². The molecular formula is C20H24FN3O2. The van der Waals surface area contributed by atoms with E-state index < -0.39 is 0 Å². The van der Waals surface area contributed by atoms with Crippen LogP contribution in [0.5, 0.6) is 0 Å². The van der Waals surface area contributed by atoms with E-state index in [1.54, 1.807) is 4.90 Å². The lowest BCUT2D eigenvalue weighted by atomic mass is 10.1.